The van der Waals surface area contributed by atoms with Gasteiger partial charge in [-0.3, -0.25) is 4.79 Å². The molecule has 76 valence electrons. The van der Waals surface area contributed by atoms with Crippen molar-refractivity contribution in [1.82, 2.24) is 4.90 Å². The predicted octanol–water partition coefficient (Wildman–Crippen LogP) is 2.23. The maximum absolute atomic E-state index is 13.4. The summed E-state index contributed by atoms with van der Waals surface area (Å²) in [5, 5.41) is 0. The monoisotopic (exact) mass is 195 g/mol. The lowest BCUT2D eigenvalue weighted by molar-refractivity contribution is 0.0798. The van der Waals surface area contributed by atoms with Gasteiger partial charge < -0.3 is 4.90 Å². The molecule has 0 unspecified atom stereocenters. The SMILES string of the molecule is CCN(C)C(=O)c1ccc(C)cc1F. The van der Waals surface area contributed by atoms with Gasteiger partial charge in [0.15, 0.2) is 0 Å². The highest BCUT2D eigenvalue weighted by Gasteiger charge is 2.14. The molecule has 1 rings (SSSR count). The zero-order chi connectivity index (χ0) is 10.7. The third-order valence-corrected chi connectivity index (χ3v) is 2.18. The number of hydrogen-bond donors (Lipinski definition) is 0. The molecule has 3 heteroatoms. The standard InChI is InChI=1S/C11H14FNO/c1-4-13(3)11(14)9-6-5-8(2)7-10(9)12/h5-7H,4H2,1-3H3. The summed E-state index contributed by atoms with van der Waals surface area (Å²) in [4.78, 5) is 13.1. The molecule has 0 atom stereocenters. The molecule has 1 aromatic rings. The van der Waals surface area contributed by atoms with E-state index in [-0.39, 0.29) is 11.5 Å². The molecular weight excluding hydrogens is 181 g/mol. The number of hydrogen-bond acceptors (Lipinski definition) is 1. The van der Waals surface area contributed by atoms with Crippen LogP contribution < -0.4 is 0 Å². The molecule has 2 nitrogen and oxygen atoms in total. The number of rotatable bonds is 2. The van der Waals surface area contributed by atoms with Crippen molar-refractivity contribution in [3.8, 4) is 0 Å². The first-order chi connectivity index (χ1) is 6.56. The van der Waals surface area contributed by atoms with E-state index in [2.05, 4.69) is 0 Å². The van der Waals surface area contributed by atoms with Gasteiger partial charge in [-0.05, 0) is 31.5 Å². The van der Waals surface area contributed by atoms with E-state index in [4.69, 9.17) is 0 Å². The molecule has 0 saturated heterocycles. The molecule has 0 aliphatic rings. The number of nitrogens with zero attached hydrogens (tertiary/aromatic N) is 1. The normalized spacial score (nSPS) is 10.0. The Morgan fingerprint density at radius 1 is 1.50 bits per heavy atom. The zero-order valence-electron chi connectivity index (χ0n) is 8.67. The van der Waals surface area contributed by atoms with Crippen LogP contribution in [-0.2, 0) is 0 Å². The van der Waals surface area contributed by atoms with Crippen LogP contribution in [0.2, 0.25) is 0 Å². The third kappa shape index (κ3) is 2.10. The smallest absolute Gasteiger partial charge is 0.256 e. The molecule has 1 amide bonds. The maximum atomic E-state index is 13.4. The highest BCUT2D eigenvalue weighted by Crippen LogP contribution is 2.11. The first-order valence-electron chi connectivity index (χ1n) is 4.58. The fourth-order valence-corrected chi connectivity index (χ4v) is 1.14. The lowest BCUT2D eigenvalue weighted by Gasteiger charge is -2.14. The van der Waals surface area contributed by atoms with Crippen LogP contribution in [0.5, 0.6) is 0 Å². The highest BCUT2D eigenvalue weighted by atomic mass is 19.1. The summed E-state index contributed by atoms with van der Waals surface area (Å²) in [6.45, 7) is 4.22. The van der Waals surface area contributed by atoms with Gasteiger partial charge in [0.1, 0.15) is 5.82 Å². The van der Waals surface area contributed by atoms with Gasteiger partial charge in [-0.2, -0.15) is 0 Å². The average Bonchev–Trinajstić information content (AvgIpc) is 2.15. The molecule has 0 bridgehead atoms. The second-order valence-corrected chi connectivity index (χ2v) is 3.30. The van der Waals surface area contributed by atoms with Crippen LogP contribution in [0.15, 0.2) is 18.2 Å². The molecule has 14 heavy (non-hydrogen) atoms. The first-order valence-corrected chi connectivity index (χ1v) is 4.58. The van der Waals surface area contributed by atoms with E-state index in [0.717, 1.165) is 5.56 Å². The number of halogens is 1. The molecule has 0 aliphatic heterocycles. The van der Waals surface area contributed by atoms with Gasteiger partial charge in [-0.1, -0.05) is 6.07 Å². The number of benzene rings is 1. The Morgan fingerprint density at radius 2 is 2.14 bits per heavy atom. The van der Waals surface area contributed by atoms with Gasteiger partial charge in [0.2, 0.25) is 0 Å². The first kappa shape index (κ1) is 10.7. The summed E-state index contributed by atoms with van der Waals surface area (Å²) < 4.78 is 13.4. The highest BCUT2D eigenvalue weighted by molar-refractivity contribution is 5.94. The van der Waals surface area contributed by atoms with Crippen LogP contribution in [0.1, 0.15) is 22.8 Å². The van der Waals surface area contributed by atoms with E-state index < -0.39 is 5.82 Å². The number of carbonyl (C=O) groups excluding carboxylic acids is 1. The fraction of sp³-hybridized carbons (Fsp3) is 0.364. The predicted molar refractivity (Wildman–Crippen MR) is 53.8 cm³/mol. The topological polar surface area (TPSA) is 20.3 Å². The third-order valence-electron chi connectivity index (χ3n) is 2.18. The van der Waals surface area contributed by atoms with Crippen LogP contribution in [0, 0.1) is 12.7 Å². The molecule has 0 spiro atoms. The van der Waals surface area contributed by atoms with Gasteiger partial charge in [0, 0.05) is 13.6 Å². The molecule has 0 fully saturated rings. The second kappa shape index (κ2) is 4.22. The van der Waals surface area contributed by atoms with Crippen molar-refractivity contribution in [2.45, 2.75) is 13.8 Å². The molecule has 0 radical (unpaired) electrons. The van der Waals surface area contributed by atoms with Gasteiger partial charge in [0.25, 0.3) is 5.91 Å². The summed E-state index contributed by atoms with van der Waals surface area (Å²) in [6.07, 6.45) is 0. The molecular formula is C11H14FNO. The Hall–Kier alpha value is -1.38. The number of carbonyl (C=O) groups is 1. The summed E-state index contributed by atoms with van der Waals surface area (Å²) in [7, 11) is 1.65. The Kier molecular flexibility index (Phi) is 3.23. The van der Waals surface area contributed by atoms with Crippen molar-refractivity contribution in [2.75, 3.05) is 13.6 Å². The van der Waals surface area contributed by atoms with Crippen LogP contribution in [0.4, 0.5) is 4.39 Å². The summed E-state index contributed by atoms with van der Waals surface area (Å²) >= 11 is 0. The minimum Gasteiger partial charge on any atom is -0.342 e. The largest absolute Gasteiger partial charge is 0.342 e. The Bertz CT molecular complexity index is 349. The van der Waals surface area contributed by atoms with Gasteiger partial charge >= 0.3 is 0 Å². The van der Waals surface area contributed by atoms with Crippen molar-refractivity contribution in [3.63, 3.8) is 0 Å². The van der Waals surface area contributed by atoms with E-state index in [9.17, 15) is 9.18 Å². The minimum atomic E-state index is -0.449. The van der Waals surface area contributed by atoms with Gasteiger partial charge in [-0.15, -0.1) is 0 Å². The van der Waals surface area contributed by atoms with Crippen molar-refractivity contribution in [1.29, 1.82) is 0 Å². The Balaban J connectivity index is 3.02. The Morgan fingerprint density at radius 3 is 2.64 bits per heavy atom. The quantitative estimate of drug-likeness (QED) is 0.708. The van der Waals surface area contributed by atoms with Crippen LogP contribution >= 0.6 is 0 Å². The summed E-state index contributed by atoms with van der Waals surface area (Å²) in [6, 6.07) is 4.63. The van der Waals surface area contributed by atoms with E-state index >= 15 is 0 Å². The minimum absolute atomic E-state index is 0.139. The fourth-order valence-electron chi connectivity index (χ4n) is 1.14. The second-order valence-electron chi connectivity index (χ2n) is 3.30. The molecule has 1 aromatic carbocycles. The average molecular weight is 195 g/mol. The van der Waals surface area contributed by atoms with Crippen LogP contribution in [0.3, 0.4) is 0 Å². The number of amides is 1. The van der Waals surface area contributed by atoms with Crippen molar-refractivity contribution in [2.24, 2.45) is 0 Å². The van der Waals surface area contributed by atoms with Crippen molar-refractivity contribution >= 4 is 5.91 Å². The Labute approximate surface area is 83.3 Å². The van der Waals surface area contributed by atoms with E-state index in [0.29, 0.717) is 6.54 Å². The molecule has 0 saturated carbocycles. The lowest BCUT2D eigenvalue weighted by Crippen LogP contribution is -2.27. The molecule has 0 aliphatic carbocycles. The van der Waals surface area contributed by atoms with Crippen molar-refractivity contribution in [3.05, 3.63) is 35.1 Å². The summed E-state index contributed by atoms with van der Waals surface area (Å²) in [5.41, 5.74) is 0.957. The van der Waals surface area contributed by atoms with E-state index in [1.807, 2.05) is 6.92 Å². The zero-order valence-corrected chi connectivity index (χ0v) is 8.67. The van der Waals surface area contributed by atoms with E-state index in [1.165, 1.54) is 17.0 Å². The number of aryl methyl sites for hydroxylation is 1. The molecule has 0 aromatic heterocycles. The van der Waals surface area contributed by atoms with Gasteiger partial charge in [0.05, 0.1) is 5.56 Å². The van der Waals surface area contributed by atoms with Crippen molar-refractivity contribution < 1.29 is 9.18 Å². The summed E-state index contributed by atoms with van der Waals surface area (Å²) in [5.74, 6) is -0.722. The van der Waals surface area contributed by atoms with E-state index in [1.54, 1.807) is 20.0 Å². The van der Waals surface area contributed by atoms with Crippen LogP contribution in [-0.4, -0.2) is 24.4 Å². The van der Waals surface area contributed by atoms with Crippen LogP contribution in [0.25, 0.3) is 0 Å². The molecule has 0 N–H and O–H groups in total. The maximum Gasteiger partial charge on any atom is 0.256 e. The lowest BCUT2D eigenvalue weighted by atomic mass is 10.1. The van der Waals surface area contributed by atoms with Gasteiger partial charge in [-0.25, -0.2) is 4.39 Å². The molecule has 0 heterocycles.